The SMILES string of the molecule is [2H]C1([2H])NC([2H])([2H])C([2H])([2H])N(C2CCN(c3ccc([N+](=O)[O-])cc3OC)CC2)C1([2H])[2H]. The molecule has 0 atom stereocenters. The zero-order chi connectivity index (χ0) is 23.4. The summed E-state index contributed by atoms with van der Waals surface area (Å²) < 4.78 is 70.0. The third-order valence-corrected chi connectivity index (χ3v) is 4.02. The number of nitro benzene ring substituents is 1. The highest BCUT2D eigenvalue weighted by Gasteiger charge is 2.27. The number of nitro groups is 1. The van der Waals surface area contributed by atoms with Gasteiger partial charge in [-0.05, 0) is 18.9 Å². The maximum absolute atomic E-state index is 11.0. The van der Waals surface area contributed by atoms with E-state index in [9.17, 15) is 10.1 Å². The lowest BCUT2D eigenvalue weighted by Gasteiger charge is -2.41. The van der Waals surface area contributed by atoms with E-state index < -0.39 is 37.0 Å². The number of anilines is 1. The maximum Gasteiger partial charge on any atom is 0.273 e. The fourth-order valence-electron chi connectivity index (χ4n) is 2.82. The molecule has 2 heterocycles. The van der Waals surface area contributed by atoms with E-state index in [2.05, 4.69) is 0 Å². The number of non-ortho nitro benzene ring substituents is 1. The van der Waals surface area contributed by atoms with E-state index in [-0.39, 0.29) is 18.5 Å². The van der Waals surface area contributed by atoms with Crippen LogP contribution < -0.4 is 15.0 Å². The summed E-state index contributed by atoms with van der Waals surface area (Å²) in [6.45, 7) is -10.6. The maximum atomic E-state index is 11.0. The summed E-state index contributed by atoms with van der Waals surface area (Å²) >= 11 is 0. The van der Waals surface area contributed by atoms with E-state index in [0.29, 0.717) is 29.4 Å². The number of piperidine rings is 1. The number of benzene rings is 1. The average Bonchev–Trinajstić information content (AvgIpc) is 2.66. The zero-order valence-electron chi connectivity index (χ0n) is 20.7. The number of hydrogen-bond acceptors (Lipinski definition) is 6. The molecule has 0 spiro atoms. The Hall–Kier alpha value is -1.86. The second-order valence-electron chi connectivity index (χ2n) is 5.30. The van der Waals surface area contributed by atoms with Gasteiger partial charge in [0.15, 0.2) is 0 Å². The highest BCUT2D eigenvalue weighted by Crippen LogP contribution is 2.34. The molecule has 1 aromatic rings. The largest absolute Gasteiger partial charge is 0.494 e. The summed E-state index contributed by atoms with van der Waals surface area (Å²) in [5, 5.41) is 12.8. The number of nitrogens with one attached hydrogen (secondary N) is 1. The Morgan fingerprint density at radius 1 is 1.35 bits per heavy atom. The van der Waals surface area contributed by atoms with E-state index >= 15 is 0 Å². The molecule has 2 aliphatic heterocycles. The smallest absolute Gasteiger partial charge is 0.273 e. The average molecular weight is 328 g/mol. The lowest BCUT2D eigenvalue weighted by Crippen LogP contribution is -2.52. The van der Waals surface area contributed by atoms with E-state index in [1.807, 2.05) is 10.2 Å². The van der Waals surface area contributed by atoms with E-state index in [1.54, 1.807) is 6.07 Å². The predicted octanol–water partition coefficient (Wildman–Crippen LogP) is 1.48. The van der Waals surface area contributed by atoms with Crippen LogP contribution in [0.15, 0.2) is 18.2 Å². The third kappa shape index (κ3) is 3.56. The lowest BCUT2D eigenvalue weighted by molar-refractivity contribution is -0.384. The Morgan fingerprint density at radius 3 is 2.65 bits per heavy atom. The van der Waals surface area contributed by atoms with Crippen molar-refractivity contribution in [3.8, 4) is 5.75 Å². The van der Waals surface area contributed by atoms with Gasteiger partial charge in [0.25, 0.3) is 5.69 Å². The summed E-state index contributed by atoms with van der Waals surface area (Å²) in [6, 6.07) is 3.44. The standard InChI is InChI=1S/C16H24N4O3/c1-23-16-12-14(20(21)22)2-3-15(16)19-8-4-13(5-9-19)18-10-6-17-7-11-18/h2-3,12-13,17H,4-11H2,1H3/i6D2,7D2,10D2,11D2. The number of methoxy groups -OCH3 is 1. The molecule has 7 heteroatoms. The summed E-state index contributed by atoms with van der Waals surface area (Å²) in [5.41, 5.74) is 0.477. The number of ether oxygens (including phenoxy) is 1. The molecule has 1 aromatic carbocycles. The molecule has 0 bridgehead atoms. The Morgan fingerprint density at radius 2 is 2.04 bits per heavy atom. The number of piperazine rings is 1. The fraction of sp³-hybridized carbons (Fsp3) is 0.625. The molecule has 1 N–H and O–H groups in total. The topological polar surface area (TPSA) is 70.9 Å². The summed E-state index contributed by atoms with van der Waals surface area (Å²) in [7, 11) is 1.39. The van der Waals surface area contributed by atoms with Crippen LogP contribution in [-0.2, 0) is 0 Å². The van der Waals surface area contributed by atoms with E-state index in [0.717, 1.165) is 0 Å². The van der Waals surface area contributed by atoms with Crippen LogP contribution in [0.4, 0.5) is 11.4 Å². The molecule has 3 rings (SSSR count). The zero-order valence-corrected chi connectivity index (χ0v) is 12.7. The second kappa shape index (κ2) is 7.14. The summed E-state index contributed by atoms with van der Waals surface area (Å²) in [4.78, 5) is 13.0. The summed E-state index contributed by atoms with van der Waals surface area (Å²) in [6.07, 6.45) is 0.455. The molecule has 0 unspecified atom stereocenters. The predicted molar refractivity (Wildman–Crippen MR) is 89.3 cm³/mol. The van der Waals surface area contributed by atoms with Crippen LogP contribution >= 0.6 is 0 Å². The molecule has 7 nitrogen and oxygen atoms in total. The molecule has 0 saturated carbocycles. The van der Waals surface area contributed by atoms with Crippen LogP contribution in [0, 0.1) is 10.1 Å². The molecule has 23 heavy (non-hydrogen) atoms. The first kappa shape index (κ1) is 8.84. The molecule has 2 fully saturated rings. The van der Waals surface area contributed by atoms with E-state index in [4.69, 9.17) is 15.7 Å². The number of nitrogens with zero attached hydrogens (tertiary/aromatic N) is 3. The minimum Gasteiger partial charge on any atom is -0.494 e. The minimum absolute atomic E-state index is 0.123. The van der Waals surface area contributed by atoms with Gasteiger partial charge < -0.3 is 15.0 Å². The highest BCUT2D eigenvalue weighted by molar-refractivity contribution is 5.62. The van der Waals surface area contributed by atoms with Gasteiger partial charge >= 0.3 is 0 Å². The lowest BCUT2D eigenvalue weighted by atomic mass is 10.0. The van der Waals surface area contributed by atoms with Crippen LogP contribution in [0.1, 0.15) is 23.8 Å². The summed E-state index contributed by atoms with van der Waals surface area (Å²) in [5.74, 6) is 0.299. The van der Waals surface area contributed by atoms with Crippen molar-refractivity contribution in [1.29, 1.82) is 0 Å². The molecule has 0 aromatic heterocycles. The van der Waals surface area contributed by atoms with Gasteiger partial charge in [-0.3, -0.25) is 15.0 Å². The van der Waals surface area contributed by atoms with Crippen molar-refractivity contribution in [2.45, 2.75) is 18.9 Å². The first-order chi connectivity index (χ1) is 14.2. The van der Waals surface area contributed by atoms with Crippen molar-refractivity contribution in [3.63, 3.8) is 0 Å². The molecule has 0 aliphatic carbocycles. The van der Waals surface area contributed by atoms with Gasteiger partial charge in [0.2, 0.25) is 0 Å². The van der Waals surface area contributed by atoms with Crippen molar-refractivity contribution in [1.82, 2.24) is 10.2 Å². The van der Waals surface area contributed by atoms with Crippen LogP contribution in [0.25, 0.3) is 0 Å². The molecule has 126 valence electrons. The van der Waals surface area contributed by atoms with Gasteiger partial charge in [-0.2, -0.15) is 0 Å². The Kier molecular flexibility index (Phi) is 2.75. The van der Waals surface area contributed by atoms with Gasteiger partial charge in [-0.15, -0.1) is 0 Å². The quantitative estimate of drug-likeness (QED) is 0.667. The van der Waals surface area contributed by atoms with Gasteiger partial charge in [0.05, 0.1) is 23.8 Å². The third-order valence-electron chi connectivity index (χ3n) is 4.02. The number of hydrogen-bond donors (Lipinski definition) is 1. The molecular formula is C16H24N4O3. The number of rotatable bonds is 4. The molecule has 2 aliphatic rings. The van der Waals surface area contributed by atoms with Crippen LogP contribution in [0.3, 0.4) is 0 Å². The van der Waals surface area contributed by atoms with E-state index in [1.165, 1.54) is 19.2 Å². The van der Waals surface area contributed by atoms with Crippen LogP contribution in [0.5, 0.6) is 5.75 Å². The Labute approximate surface area is 147 Å². The molecule has 2 saturated heterocycles. The molecule has 0 amide bonds. The Balaban J connectivity index is 1.85. The minimum atomic E-state index is -2.82. The first-order valence-electron chi connectivity index (χ1n) is 11.3. The fourth-order valence-corrected chi connectivity index (χ4v) is 2.82. The van der Waals surface area contributed by atoms with Crippen molar-refractivity contribution in [2.75, 3.05) is 51.1 Å². The normalized spacial score (nSPS) is 34.4. The Bertz CT molecular complexity index is 835. The van der Waals surface area contributed by atoms with Crippen molar-refractivity contribution >= 4 is 11.4 Å². The van der Waals surface area contributed by atoms with Gasteiger partial charge in [0, 0.05) is 62.2 Å². The van der Waals surface area contributed by atoms with Crippen molar-refractivity contribution in [2.24, 2.45) is 0 Å². The second-order valence-corrected chi connectivity index (χ2v) is 5.30. The van der Waals surface area contributed by atoms with Gasteiger partial charge in [-0.25, -0.2) is 0 Å². The van der Waals surface area contributed by atoms with Gasteiger partial charge in [0.1, 0.15) is 5.75 Å². The van der Waals surface area contributed by atoms with Gasteiger partial charge in [-0.1, -0.05) is 0 Å². The molecule has 0 radical (unpaired) electrons. The highest BCUT2D eigenvalue weighted by atomic mass is 16.6. The van der Waals surface area contributed by atoms with Crippen LogP contribution in [-0.4, -0.2) is 62.1 Å². The van der Waals surface area contributed by atoms with Crippen molar-refractivity contribution < 1.29 is 20.6 Å². The van der Waals surface area contributed by atoms with Crippen LogP contribution in [0.2, 0.25) is 0 Å². The monoisotopic (exact) mass is 328 g/mol. The first-order valence-corrected chi connectivity index (χ1v) is 7.32. The van der Waals surface area contributed by atoms with Crippen molar-refractivity contribution in [3.05, 3.63) is 28.3 Å². The molecular weight excluding hydrogens is 296 g/mol.